The van der Waals surface area contributed by atoms with Gasteiger partial charge in [-0.3, -0.25) is 0 Å². The number of hydrogen-bond donors (Lipinski definition) is 0. The van der Waals surface area contributed by atoms with E-state index in [1.165, 1.54) is 0 Å². The molecule has 0 spiro atoms. The predicted octanol–water partition coefficient (Wildman–Crippen LogP) is 8.42. The van der Waals surface area contributed by atoms with Gasteiger partial charge in [-0.25, -0.2) is 0 Å². The second-order valence-electron chi connectivity index (χ2n) is 7.11. The summed E-state index contributed by atoms with van der Waals surface area (Å²) in [6, 6.07) is 18.6. The first kappa shape index (κ1) is 24.7. The quantitative estimate of drug-likeness (QED) is 0.169. The fourth-order valence-corrected chi connectivity index (χ4v) is 4.01. The van der Waals surface area contributed by atoms with Gasteiger partial charge in [0.25, 0.3) is 0 Å². The molecule has 0 bridgehead atoms. The number of rotatable bonds is 9. The van der Waals surface area contributed by atoms with Crippen molar-refractivity contribution in [2.24, 2.45) is 0 Å². The Morgan fingerprint density at radius 2 is 1.79 bits per heavy atom. The zero-order valence-electron chi connectivity index (χ0n) is 18.1. The lowest BCUT2D eigenvalue weighted by Gasteiger charge is -2.17. The molecule has 0 saturated heterocycles. The molecule has 33 heavy (non-hydrogen) atoms. The van der Waals surface area contributed by atoms with E-state index in [0.717, 1.165) is 16.7 Å². The summed E-state index contributed by atoms with van der Waals surface area (Å²) in [4.78, 5) is 0. The second kappa shape index (κ2) is 11.8. The normalized spacial score (nSPS) is 11.1. The van der Waals surface area contributed by atoms with E-state index in [2.05, 4.69) is 12.6 Å². The van der Waals surface area contributed by atoms with Crippen molar-refractivity contribution in [1.29, 1.82) is 5.26 Å². The highest BCUT2D eigenvalue weighted by molar-refractivity contribution is 6.35. The smallest absolute Gasteiger partial charge is 0.165 e. The first-order valence-corrected chi connectivity index (χ1v) is 11.4. The van der Waals surface area contributed by atoms with Crippen molar-refractivity contribution >= 4 is 46.5 Å². The number of halogens is 3. The predicted molar refractivity (Wildman–Crippen MR) is 137 cm³/mol. The Labute approximate surface area is 209 Å². The Balaban J connectivity index is 2.03. The molecule has 6 heteroatoms. The molecule has 168 valence electrons. The molecule has 0 aliphatic heterocycles. The number of hydrogen-bond acceptors (Lipinski definition) is 3. The van der Waals surface area contributed by atoms with Crippen molar-refractivity contribution in [3.05, 3.63) is 105 Å². The minimum Gasteiger partial charge on any atom is -0.490 e. The van der Waals surface area contributed by atoms with E-state index in [4.69, 9.17) is 44.3 Å². The molecule has 0 saturated carbocycles. The number of benzene rings is 3. The molecule has 0 aliphatic rings. The van der Waals surface area contributed by atoms with Gasteiger partial charge in [0, 0.05) is 31.8 Å². The lowest BCUT2D eigenvalue weighted by Crippen LogP contribution is -2.04. The van der Waals surface area contributed by atoms with Crippen LogP contribution in [0.3, 0.4) is 0 Å². The van der Waals surface area contributed by atoms with E-state index in [-0.39, 0.29) is 6.61 Å². The molecule has 0 fully saturated rings. The van der Waals surface area contributed by atoms with E-state index < -0.39 is 0 Å². The molecule has 3 aromatic rings. The summed E-state index contributed by atoms with van der Waals surface area (Å²) < 4.78 is 12.1. The van der Waals surface area contributed by atoms with Gasteiger partial charge in [-0.2, -0.15) is 5.26 Å². The molecule has 3 aromatic carbocycles. The molecule has 3 rings (SSSR count). The molecular formula is C27H22Cl3NO2. The SMILES string of the molecule is C=CCc1cc(C=C(C#N)c2ccccc2Cl)cc(OCC)c1OCc1ccc(Cl)cc1Cl. The summed E-state index contributed by atoms with van der Waals surface area (Å²) in [5, 5.41) is 11.4. The molecule has 0 atom stereocenters. The molecule has 0 radical (unpaired) electrons. The summed E-state index contributed by atoms with van der Waals surface area (Å²) in [5.74, 6) is 1.18. The largest absolute Gasteiger partial charge is 0.490 e. The van der Waals surface area contributed by atoms with Crippen molar-refractivity contribution in [2.75, 3.05) is 6.61 Å². The van der Waals surface area contributed by atoms with Crippen LogP contribution >= 0.6 is 34.8 Å². The minimum atomic E-state index is 0.248. The Bertz CT molecular complexity index is 1230. The molecular weight excluding hydrogens is 477 g/mol. The molecule has 0 aromatic heterocycles. The maximum absolute atomic E-state index is 9.75. The molecule has 0 amide bonds. The molecule has 0 aliphatic carbocycles. The third kappa shape index (κ3) is 6.33. The zero-order valence-corrected chi connectivity index (χ0v) is 20.3. The van der Waals surface area contributed by atoms with Gasteiger partial charge in [-0.1, -0.05) is 65.1 Å². The number of nitriles is 1. The highest BCUT2D eigenvalue weighted by atomic mass is 35.5. The van der Waals surface area contributed by atoms with E-state index >= 15 is 0 Å². The van der Waals surface area contributed by atoms with Gasteiger partial charge in [0.05, 0.1) is 18.2 Å². The Kier molecular flexibility index (Phi) is 8.86. The van der Waals surface area contributed by atoms with Crippen LogP contribution in [0.25, 0.3) is 11.6 Å². The summed E-state index contributed by atoms with van der Waals surface area (Å²) in [6.45, 7) is 6.47. The van der Waals surface area contributed by atoms with Crippen LogP contribution in [0, 0.1) is 11.3 Å². The standard InChI is InChI=1S/C27H22Cl3NO2/c1-3-7-19-12-18(13-21(16-31)23-8-5-6-9-24(23)29)14-26(32-4-2)27(19)33-17-20-10-11-22(28)15-25(20)30/h3,5-6,8-15H,1,4,7,17H2,2H3. The van der Waals surface area contributed by atoms with Gasteiger partial charge in [0.15, 0.2) is 11.5 Å². The van der Waals surface area contributed by atoms with E-state index in [9.17, 15) is 5.26 Å². The fourth-order valence-electron chi connectivity index (χ4n) is 3.31. The third-order valence-electron chi connectivity index (χ3n) is 4.80. The van der Waals surface area contributed by atoms with Crippen molar-refractivity contribution < 1.29 is 9.47 Å². The summed E-state index contributed by atoms with van der Waals surface area (Å²) in [6.07, 6.45) is 4.13. The number of allylic oxidation sites excluding steroid dienone is 2. The summed E-state index contributed by atoms with van der Waals surface area (Å²) in [5.41, 5.74) is 3.60. The van der Waals surface area contributed by atoms with Crippen LogP contribution in [0.15, 0.2) is 67.3 Å². The van der Waals surface area contributed by atoms with Crippen LogP contribution in [0.5, 0.6) is 11.5 Å². The molecule has 0 unspecified atom stereocenters. The van der Waals surface area contributed by atoms with Crippen LogP contribution in [0.1, 0.15) is 29.2 Å². The van der Waals surface area contributed by atoms with Crippen molar-refractivity contribution in [2.45, 2.75) is 20.0 Å². The van der Waals surface area contributed by atoms with Gasteiger partial charge >= 0.3 is 0 Å². The third-order valence-corrected chi connectivity index (χ3v) is 5.72. The van der Waals surface area contributed by atoms with Gasteiger partial charge in [-0.15, -0.1) is 6.58 Å². The first-order valence-electron chi connectivity index (χ1n) is 10.3. The maximum Gasteiger partial charge on any atom is 0.165 e. The van der Waals surface area contributed by atoms with Crippen molar-refractivity contribution in [3.63, 3.8) is 0 Å². The van der Waals surface area contributed by atoms with Crippen molar-refractivity contribution in [1.82, 2.24) is 0 Å². The topological polar surface area (TPSA) is 42.2 Å². The van der Waals surface area contributed by atoms with E-state index in [1.54, 1.807) is 30.4 Å². The molecule has 0 N–H and O–H groups in total. The minimum absolute atomic E-state index is 0.248. The molecule has 3 nitrogen and oxygen atoms in total. The van der Waals surface area contributed by atoms with Crippen molar-refractivity contribution in [3.8, 4) is 17.6 Å². The average Bonchev–Trinajstić information content (AvgIpc) is 2.79. The number of nitrogens with zero attached hydrogens (tertiary/aromatic N) is 1. The molecule has 0 heterocycles. The van der Waals surface area contributed by atoms with Gasteiger partial charge in [-0.05, 0) is 55.3 Å². The monoisotopic (exact) mass is 497 g/mol. The Morgan fingerprint density at radius 1 is 1.00 bits per heavy atom. The van der Waals surface area contributed by atoms with E-state index in [0.29, 0.717) is 50.7 Å². The van der Waals surface area contributed by atoms with Crippen LogP contribution < -0.4 is 9.47 Å². The Hall–Kier alpha value is -2.90. The Morgan fingerprint density at radius 3 is 2.45 bits per heavy atom. The second-order valence-corrected chi connectivity index (χ2v) is 8.36. The highest BCUT2D eigenvalue weighted by Gasteiger charge is 2.15. The van der Waals surface area contributed by atoms with Gasteiger partial charge in [0.2, 0.25) is 0 Å². The van der Waals surface area contributed by atoms with Crippen LogP contribution in [-0.2, 0) is 13.0 Å². The zero-order chi connectivity index (χ0) is 23.8. The lowest BCUT2D eigenvalue weighted by molar-refractivity contribution is 0.267. The van der Waals surface area contributed by atoms with Gasteiger partial charge < -0.3 is 9.47 Å². The summed E-state index contributed by atoms with van der Waals surface area (Å²) >= 11 is 18.6. The van der Waals surface area contributed by atoms with Crippen LogP contribution in [0.2, 0.25) is 15.1 Å². The highest BCUT2D eigenvalue weighted by Crippen LogP contribution is 2.37. The number of ether oxygens (including phenoxy) is 2. The van der Waals surface area contributed by atoms with Crippen LogP contribution in [0.4, 0.5) is 0 Å². The first-order chi connectivity index (χ1) is 16.0. The lowest BCUT2D eigenvalue weighted by atomic mass is 10.0. The van der Waals surface area contributed by atoms with Gasteiger partial charge in [0.1, 0.15) is 6.61 Å². The van der Waals surface area contributed by atoms with Crippen LogP contribution in [-0.4, -0.2) is 6.61 Å². The average molecular weight is 499 g/mol. The van der Waals surface area contributed by atoms with E-state index in [1.807, 2.05) is 43.3 Å². The summed E-state index contributed by atoms with van der Waals surface area (Å²) in [7, 11) is 0. The maximum atomic E-state index is 9.75. The fraction of sp³-hybridized carbons (Fsp3) is 0.148.